The van der Waals surface area contributed by atoms with Gasteiger partial charge in [0.05, 0.1) is 6.10 Å². The predicted molar refractivity (Wildman–Crippen MR) is 61.3 cm³/mol. The molecular formula is C12H15BrO. The lowest BCUT2D eigenvalue weighted by molar-refractivity contribution is 0.117. The number of hydrogen-bond acceptors (Lipinski definition) is 1. The predicted octanol–water partition coefficient (Wildman–Crippen LogP) is 2.93. The van der Waals surface area contributed by atoms with Crippen molar-refractivity contribution in [3.8, 4) is 0 Å². The van der Waals surface area contributed by atoms with Crippen LogP contribution in [0, 0.1) is 5.92 Å². The summed E-state index contributed by atoms with van der Waals surface area (Å²) in [5.41, 5.74) is 2.85. The number of hydrogen-bond donors (Lipinski definition) is 1. The van der Waals surface area contributed by atoms with Crippen molar-refractivity contribution < 1.29 is 5.11 Å². The molecule has 76 valence electrons. The zero-order valence-electron chi connectivity index (χ0n) is 8.33. The highest BCUT2D eigenvalue weighted by atomic mass is 79.9. The third-order valence-corrected chi connectivity index (χ3v) is 3.61. The molecule has 1 N–H and O–H groups in total. The first-order valence-corrected chi connectivity index (χ1v) is 5.91. The number of aliphatic hydroxyl groups is 1. The van der Waals surface area contributed by atoms with E-state index in [1.54, 1.807) is 0 Å². The molecule has 0 saturated heterocycles. The fourth-order valence-electron chi connectivity index (χ4n) is 2.16. The smallest absolute Gasteiger partial charge is 0.0543 e. The topological polar surface area (TPSA) is 20.2 Å². The number of fused-ring (bicyclic) bond motifs is 1. The summed E-state index contributed by atoms with van der Waals surface area (Å²) in [4.78, 5) is 0. The quantitative estimate of drug-likeness (QED) is 0.818. The molecule has 2 unspecified atom stereocenters. The Hall–Kier alpha value is -0.340. The Morgan fingerprint density at radius 2 is 2.21 bits per heavy atom. The van der Waals surface area contributed by atoms with Gasteiger partial charge >= 0.3 is 0 Å². The standard InChI is InChI=1S/C12H15BrO/c1-8(14)9-2-3-11-7-12(13)5-4-10(11)6-9/h4-5,7-9,14H,2-3,6H2,1H3. The minimum atomic E-state index is -0.174. The van der Waals surface area contributed by atoms with E-state index in [1.807, 2.05) is 6.92 Å². The summed E-state index contributed by atoms with van der Waals surface area (Å²) in [6.45, 7) is 1.90. The number of rotatable bonds is 1. The van der Waals surface area contributed by atoms with Crippen molar-refractivity contribution in [3.05, 3.63) is 33.8 Å². The minimum absolute atomic E-state index is 0.174. The fraction of sp³-hybridized carbons (Fsp3) is 0.500. The molecule has 2 atom stereocenters. The van der Waals surface area contributed by atoms with E-state index in [0.717, 1.165) is 23.7 Å². The first kappa shape index (κ1) is 10.2. The van der Waals surface area contributed by atoms with E-state index in [-0.39, 0.29) is 6.10 Å². The van der Waals surface area contributed by atoms with Crippen molar-refractivity contribution in [2.45, 2.75) is 32.3 Å². The van der Waals surface area contributed by atoms with Crippen molar-refractivity contribution in [1.29, 1.82) is 0 Å². The second-order valence-corrected chi connectivity index (χ2v) is 5.07. The molecule has 1 aliphatic rings. The third kappa shape index (κ3) is 2.01. The van der Waals surface area contributed by atoms with Crippen LogP contribution < -0.4 is 0 Å². The Labute approximate surface area is 93.3 Å². The monoisotopic (exact) mass is 254 g/mol. The zero-order chi connectivity index (χ0) is 10.1. The van der Waals surface area contributed by atoms with Crippen molar-refractivity contribution in [1.82, 2.24) is 0 Å². The van der Waals surface area contributed by atoms with Crippen LogP contribution in [-0.2, 0) is 12.8 Å². The van der Waals surface area contributed by atoms with Gasteiger partial charge in [0, 0.05) is 4.47 Å². The number of benzene rings is 1. The molecule has 0 aliphatic heterocycles. The molecule has 1 aromatic carbocycles. The summed E-state index contributed by atoms with van der Waals surface area (Å²) in [7, 11) is 0. The Morgan fingerprint density at radius 1 is 1.43 bits per heavy atom. The highest BCUT2D eigenvalue weighted by Crippen LogP contribution is 2.29. The molecular weight excluding hydrogens is 240 g/mol. The van der Waals surface area contributed by atoms with Gasteiger partial charge in [0.25, 0.3) is 0 Å². The van der Waals surface area contributed by atoms with Gasteiger partial charge in [-0.1, -0.05) is 22.0 Å². The van der Waals surface area contributed by atoms with E-state index in [1.165, 1.54) is 11.1 Å². The molecule has 1 nitrogen and oxygen atoms in total. The van der Waals surface area contributed by atoms with Gasteiger partial charge in [0.2, 0.25) is 0 Å². The van der Waals surface area contributed by atoms with E-state index in [2.05, 4.69) is 34.1 Å². The van der Waals surface area contributed by atoms with Gasteiger partial charge in [-0.25, -0.2) is 0 Å². The van der Waals surface area contributed by atoms with Crippen LogP contribution in [0.25, 0.3) is 0 Å². The lowest BCUT2D eigenvalue weighted by atomic mass is 9.81. The average molecular weight is 255 g/mol. The molecule has 0 heterocycles. The van der Waals surface area contributed by atoms with Crippen LogP contribution in [-0.4, -0.2) is 11.2 Å². The van der Waals surface area contributed by atoms with Gasteiger partial charge in [-0.15, -0.1) is 0 Å². The van der Waals surface area contributed by atoms with Crippen molar-refractivity contribution in [2.24, 2.45) is 5.92 Å². The first-order chi connectivity index (χ1) is 6.66. The lowest BCUT2D eigenvalue weighted by Gasteiger charge is -2.26. The van der Waals surface area contributed by atoms with Crippen molar-refractivity contribution in [2.75, 3.05) is 0 Å². The maximum Gasteiger partial charge on any atom is 0.0543 e. The van der Waals surface area contributed by atoms with E-state index in [0.29, 0.717) is 5.92 Å². The molecule has 1 aliphatic carbocycles. The van der Waals surface area contributed by atoms with Crippen LogP contribution in [0.3, 0.4) is 0 Å². The fourth-order valence-corrected chi connectivity index (χ4v) is 2.57. The van der Waals surface area contributed by atoms with Crippen LogP contribution >= 0.6 is 15.9 Å². The van der Waals surface area contributed by atoms with E-state index < -0.39 is 0 Å². The molecule has 0 spiro atoms. The van der Waals surface area contributed by atoms with E-state index in [9.17, 15) is 5.11 Å². The van der Waals surface area contributed by atoms with Gasteiger partial charge < -0.3 is 5.11 Å². The molecule has 2 rings (SSSR count). The van der Waals surface area contributed by atoms with Crippen LogP contribution in [0.4, 0.5) is 0 Å². The van der Waals surface area contributed by atoms with Gasteiger partial charge in [0.1, 0.15) is 0 Å². The largest absolute Gasteiger partial charge is 0.393 e. The highest BCUT2D eigenvalue weighted by Gasteiger charge is 2.21. The maximum absolute atomic E-state index is 9.55. The van der Waals surface area contributed by atoms with Crippen molar-refractivity contribution in [3.63, 3.8) is 0 Å². The molecule has 0 fully saturated rings. The lowest BCUT2D eigenvalue weighted by Crippen LogP contribution is -2.24. The normalized spacial score (nSPS) is 22.9. The molecule has 1 aromatic rings. The molecule has 0 bridgehead atoms. The molecule has 0 saturated carbocycles. The zero-order valence-corrected chi connectivity index (χ0v) is 9.92. The summed E-state index contributed by atoms with van der Waals surface area (Å²) in [6, 6.07) is 6.46. The summed E-state index contributed by atoms with van der Waals surface area (Å²) >= 11 is 3.49. The maximum atomic E-state index is 9.55. The Bertz CT molecular complexity index is 333. The van der Waals surface area contributed by atoms with Gasteiger partial charge in [-0.05, 0) is 55.4 Å². The second kappa shape index (κ2) is 4.03. The summed E-state index contributed by atoms with van der Waals surface area (Å²) in [5.74, 6) is 0.448. The Morgan fingerprint density at radius 3 is 2.93 bits per heavy atom. The average Bonchev–Trinajstić information content (AvgIpc) is 2.16. The van der Waals surface area contributed by atoms with Crippen molar-refractivity contribution >= 4 is 15.9 Å². The number of halogens is 1. The van der Waals surface area contributed by atoms with Crippen LogP contribution in [0.1, 0.15) is 24.5 Å². The van der Waals surface area contributed by atoms with E-state index >= 15 is 0 Å². The van der Waals surface area contributed by atoms with Gasteiger partial charge in [-0.2, -0.15) is 0 Å². The minimum Gasteiger partial charge on any atom is -0.393 e. The molecule has 2 heteroatoms. The van der Waals surface area contributed by atoms with Crippen LogP contribution in [0.5, 0.6) is 0 Å². The molecule has 14 heavy (non-hydrogen) atoms. The summed E-state index contributed by atoms with van der Waals surface area (Å²) in [6.07, 6.45) is 3.07. The van der Waals surface area contributed by atoms with Crippen LogP contribution in [0.2, 0.25) is 0 Å². The molecule has 0 amide bonds. The van der Waals surface area contributed by atoms with Gasteiger partial charge in [0.15, 0.2) is 0 Å². The first-order valence-electron chi connectivity index (χ1n) is 5.12. The number of aliphatic hydroxyl groups excluding tert-OH is 1. The summed E-state index contributed by atoms with van der Waals surface area (Å²) in [5, 5.41) is 9.55. The Kier molecular flexibility index (Phi) is 2.93. The molecule has 0 aromatic heterocycles. The highest BCUT2D eigenvalue weighted by molar-refractivity contribution is 9.10. The SMILES string of the molecule is CC(O)C1CCc2cc(Br)ccc2C1. The summed E-state index contributed by atoms with van der Waals surface area (Å²) < 4.78 is 1.16. The van der Waals surface area contributed by atoms with E-state index in [4.69, 9.17) is 0 Å². The number of aryl methyl sites for hydroxylation is 1. The van der Waals surface area contributed by atoms with Gasteiger partial charge in [-0.3, -0.25) is 0 Å². The second-order valence-electron chi connectivity index (χ2n) is 4.16. The van der Waals surface area contributed by atoms with Crippen LogP contribution in [0.15, 0.2) is 22.7 Å². The molecule has 0 radical (unpaired) electrons. The third-order valence-electron chi connectivity index (χ3n) is 3.12. The Balaban J connectivity index is 2.23.